The summed E-state index contributed by atoms with van der Waals surface area (Å²) in [6.07, 6.45) is 1.64. The van der Waals surface area contributed by atoms with E-state index in [1.165, 1.54) is 35.2 Å². The maximum atomic E-state index is 14.0. The number of amides is 1. The second-order valence-electron chi connectivity index (χ2n) is 14.0. The third kappa shape index (κ3) is 5.20. The van der Waals surface area contributed by atoms with Gasteiger partial charge in [-0.15, -0.1) is 0 Å². The van der Waals surface area contributed by atoms with E-state index in [-0.39, 0.29) is 19.0 Å². The van der Waals surface area contributed by atoms with Crippen LogP contribution in [0.1, 0.15) is 70.2 Å². The molecule has 258 valence electrons. The van der Waals surface area contributed by atoms with Crippen LogP contribution >= 0.6 is 0 Å². The summed E-state index contributed by atoms with van der Waals surface area (Å²) < 4.78 is 39.8. The van der Waals surface area contributed by atoms with Gasteiger partial charge in [-0.3, -0.25) is 9.59 Å². The van der Waals surface area contributed by atoms with E-state index in [2.05, 4.69) is 5.32 Å². The molecule has 0 saturated carbocycles. The van der Waals surface area contributed by atoms with E-state index in [0.29, 0.717) is 39.9 Å². The van der Waals surface area contributed by atoms with Crippen molar-refractivity contribution in [2.75, 3.05) is 34.7 Å². The number of esters is 2. The lowest BCUT2D eigenvalue weighted by Gasteiger charge is -2.40. The molecule has 4 aliphatic rings. The maximum absolute atomic E-state index is 14.0. The van der Waals surface area contributed by atoms with Crippen molar-refractivity contribution in [1.29, 1.82) is 0 Å². The van der Waals surface area contributed by atoms with Gasteiger partial charge in [0.15, 0.2) is 28.6 Å². The molecular weight excluding hydrogens is 624 g/mol. The third-order valence-corrected chi connectivity index (χ3v) is 9.87. The minimum absolute atomic E-state index is 0.0241. The van der Waals surface area contributed by atoms with Crippen LogP contribution in [0.5, 0.6) is 28.7 Å². The number of cyclic esters (lactones) is 1. The van der Waals surface area contributed by atoms with Gasteiger partial charge in [-0.05, 0) is 82.5 Å². The van der Waals surface area contributed by atoms with Gasteiger partial charge in [0.25, 0.3) is 5.91 Å². The van der Waals surface area contributed by atoms with Crippen molar-refractivity contribution in [3.8, 4) is 28.7 Å². The molecule has 13 heteroatoms. The molecule has 0 unspecified atom stereocenters. The Hall–Kier alpha value is -4.49. The summed E-state index contributed by atoms with van der Waals surface area (Å²) in [5.41, 5.74) is -1.14. The Morgan fingerprint density at radius 2 is 1.54 bits per heavy atom. The van der Waals surface area contributed by atoms with Crippen molar-refractivity contribution in [3.05, 3.63) is 52.6 Å². The zero-order valence-corrected chi connectivity index (χ0v) is 28.6. The molecule has 3 heterocycles. The van der Waals surface area contributed by atoms with Crippen molar-refractivity contribution >= 4 is 17.8 Å². The fraction of sp³-hybridized carbons (Fsp3) is 0.514. The molecule has 6 rings (SSSR count). The van der Waals surface area contributed by atoms with Crippen LogP contribution in [-0.4, -0.2) is 79.5 Å². The molecule has 1 aliphatic carbocycles. The first-order chi connectivity index (χ1) is 22.5. The molecule has 48 heavy (non-hydrogen) atoms. The second-order valence-corrected chi connectivity index (χ2v) is 14.0. The number of carbonyl (C=O) groups is 3. The van der Waals surface area contributed by atoms with Gasteiger partial charge in [-0.25, -0.2) is 4.79 Å². The molecule has 13 nitrogen and oxygen atoms in total. The van der Waals surface area contributed by atoms with Crippen LogP contribution in [0.25, 0.3) is 0 Å². The van der Waals surface area contributed by atoms with Crippen molar-refractivity contribution < 1.29 is 52.7 Å². The lowest BCUT2D eigenvalue weighted by molar-refractivity contribution is -0.189. The molecule has 1 fully saturated rings. The SMILES string of the molecule is COc1cc([C@@H]2c3cc4c(cc3[C@@H](NC(=O)C(C)(C)OC(=O)C3=CC(C)(C)N(O)C3(C)C)[C@H]3COC(=O)[C@H]23)OCO4)cc(OC)c1OC. The fourth-order valence-corrected chi connectivity index (χ4v) is 7.41. The predicted octanol–water partition coefficient (Wildman–Crippen LogP) is 4.04. The highest BCUT2D eigenvalue weighted by molar-refractivity contribution is 5.95. The fourth-order valence-electron chi connectivity index (χ4n) is 7.41. The first-order valence-electron chi connectivity index (χ1n) is 15.7. The highest BCUT2D eigenvalue weighted by Gasteiger charge is 2.54. The van der Waals surface area contributed by atoms with Crippen molar-refractivity contribution in [2.24, 2.45) is 11.8 Å². The van der Waals surface area contributed by atoms with E-state index in [1.807, 2.05) is 12.1 Å². The Balaban J connectivity index is 1.39. The number of carbonyl (C=O) groups excluding carboxylic acids is 3. The highest BCUT2D eigenvalue weighted by Crippen LogP contribution is 2.55. The van der Waals surface area contributed by atoms with Crippen LogP contribution in [0.4, 0.5) is 0 Å². The van der Waals surface area contributed by atoms with Crippen molar-refractivity contribution in [1.82, 2.24) is 10.4 Å². The van der Waals surface area contributed by atoms with Gasteiger partial charge in [0.2, 0.25) is 12.5 Å². The monoisotopic (exact) mass is 666 g/mol. The Morgan fingerprint density at radius 3 is 2.08 bits per heavy atom. The van der Waals surface area contributed by atoms with Crippen LogP contribution in [0, 0.1) is 11.8 Å². The van der Waals surface area contributed by atoms with Crippen molar-refractivity contribution in [3.63, 3.8) is 0 Å². The maximum Gasteiger partial charge on any atom is 0.336 e. The summed E-state index contributed by atoms with van der Waals surface area (Å²) in [4.78, 5) is 41.1. The Labute approximate surface area is 279 Å². The van der Waals surface area contributed by atoms with Crippen molar-refractivity contribution in [2.45, 2.75) is 70.2 Å². The third-order valence-electron chi connectivity index (χ3n) is 9.87. The Bertz CT molecular complexity index is 1690. The quantitative estimate of drug-likeness (QED) is 0.391. The average molecular weight is 667 g/mol. The molecule has 3 aliphatic heterocycles. The van der Waals surface area contributed by atoms with Crippen LogP contribution in [-0.2, 0) is 23.9 Å². The number of methoxy groups -OCH3 is 3. The van der Waals surface area contributed by atoms with Gasteiger partial charge in [-0.1, -0.05) is 6.08 Å². The highest BCUT2D eigenvalue weighted by atomic mass is 16.7. The number of hydrogen-bond acceptors (Lipinski definition) is 12. The number of benzene rings is 2. The van der Waals surface area contributed by atoms with Gasteiger partial charge in [0, 0.05) is 11.8 Å². The van der Waals surface area contributed by atoms with E-state index in [4.69, 9.17) is 33.2 Å². The van der Waals surface area contributed by atoms with Gasteiger partial charge >= 0.3 is 11.9 Å². The van der Waals surface area contributed by atoms with E-state index >= 15 is 0 Å². The lowest BCUT2D eigenvalue weighted by Crippen LogP contribution is -2.52. The van der Waals surface area contributed by atoms with Crippen LogP contribution < -0.4 is 29.0 Å². The number of hydrogen-bond donors (Lipinski definition) is 2. The Kier molecular flexibility index (Phi) is 8.07. The molecule has 2 aromatic rings. The van der Waals surface area contributed by atoms with Crippen LogP contribution in [0.15, 0.2) is 35.9 Å². The van der Waals surface area contributed by atoms with E-state index in [1.54, 1.807) is 45.9 Å². The molecule has 0 aromatic heterocycles. The normalized spacial score (nSPS) is 25.0. The Morgan fingerprint density at radius 1 is 0.938 bits per heavy atom. The van der Waals surface area contributed by atoms with Crippen LogP contribution in [0.3, 0.4) is 0 Å². The zero-order valence-electron chi connectivity index (χ0n) is 28.6. The number of fused-ring (bicyclic) bond motifs is 3. The summed E-state index contributed by atoms with van der Waals surface area (Å²) in [6, 6.07) is 6.53. The summed E-state index contributed by atoms with van der Waals surface area (Å²) in [5, 5.41) is 14.9. The second kappa shape index (κ2) is 11.6. The smallest absolute Gasteiger partial charge is 0.336 e. The zero-order chi connectivity index (χ0) is 34.9. The topological polar surface area (TPSA) is 151 Å². The number of nitrogens with one attached hydrogen (secondary N) is 1. The molecule has 4 atom stereocenters. The minimum atomic E-state index is -1.63. The average Bonchev–Trinajstić information content (AvgIpc) is 3.70. The standard InChI is InChI=1S/C35H42N2O11/c1-33(2)14-21(34(3,4)37(33)41)30(38)48-35(5,6)32(40)36-28-19-13-23-22(46-16-47-23)12-18(19)26(27-20(28)15-45-31(27)39)17-10-24(42-7)29(44-9)25(11-17)43-8/h10-14,20,26-28,41H,15-16H2,1-9H3,(H,36,40)/t20-,26+,27-,28+/m0/s1. The lowest BCUT2D eigenvalue weighted by atomic mass is 9.65. The largest absolute Gasteiger partial charge is 0.493 e. The molecular formula is C35H42N2O11. The summed E-state index contributed by atoms with van der Waals surface area (Å²) >= 11 is 0. The predicted molar refractivity (Wildman–Crippen MR) is 169 cm³/mol. The first kappa shape index (κ1) is 33.4. The number of rotatable bonds is 8. The minimum Gasteiger partial charge on any atom is -0.493 e. The summed E-state index contributed by atoms with van der Waals surface area (Å²) in [5.74, 6) is -1.21. The summed E-state index contributed by atoms with van der Waals surface area (Å²) in [7, 11) is 4.55. The number of nitrogens with zero attached hydrogens (tertiary/aromatic N) is 1. The van der Waals surface area contributed by atoms with Crippen LogP contribution in [0.2, 0.25) is 0 Å². The molecule has 0 bridgehead atoms. The van der Waals surface area contributed by atoms with E-state index < -0.39 is 58.3 Å². The molecule has 1 amide bonds. The molecule has 2 aromatic carbocycles. The first-order valence-corrected chi connectivity index (χ1v) is 15.7. The summed E-state index contributed by atoms with van der Waals surface area (Å²) in [6.45, 7) is 10.0. The van der Waals surface area contributed by atoms with E-state index in [0.717, 1.165) is 10.6 Å². The van der Waals surface area contributed by atoms with Gasteiger partial charge in [-0.2, -0.15) is 5.06 Å². The van der Waals surface area contributed by atoms with Gasteiger partial charge in [0.05, 0.1) is 56.5 Å². The van der Waals surface area contributed by atoms with Gasteiger partial charge in [0.1, 0.15) is 0 Å². The molecule has 0 spiro atoms. The molecule has 1 saturated heterocycles. The molecule has 2 N–H and O–H groups in total. The molecule has 0 radical (unpaired) electrons. The number of ether oxygens (including phenoxy) is 7. The number of hydroxylamine groups is 2. The van der Waals surface area contributed by atoms with Gasteiger partial charge < -0.3 is 43.7 Å². The van der Waals surface area contributed by atoms with E-state index in [9.17, 15) is 19.6 Å².